The number of alkyl halides is 3. The van der Waals surface area contributed by atoms with Crippen LogP contribution in [-0.4, -0.2) is 31.2 Å². The Morgan fingerprint density at radius 2 is 2.00 bits per heavy atom. The molecule has 10 heteroatoms. The molecule has 5 nitrogen and oxygen atoms in total. The topological polar surface area (TPSA) is 66.5 Å². The van der Waals surface area contributed by atoms with E-state index < -0.39 is 33.7 Å². The average molecular weight is 404 g/mol. The van der Waals surface area contributed by atoms with Crippen LogP contribution in [0.25, 0.3) is 0 Å². The fourth-order valence-electron chi connectivity index (χ4n) is 2.81. The fraction of sp³-hybridized carbons (Fsp3) is 0.312. The lowest BCUT2D eigenvalue weighted by atomic mass is 10.1. The summed E-state index contributed by atoms with van der Waals surface area (Å²) in [5, 5.41) is 4.03. The zero-order chi connectivity index (χ0) is 18.9. The second-order valence-corrected chi connectivity index (χ2v) is 8.84. The van der Waals surface area contributed by atoms with E-state index in [0.29, 0.717) is 12.8 Å². The predicted molar refractivity (Wildman–Crippen MR) is 91.3 cm³/mol. The third-order valence-electron chi connectivity index (χ3n) is 4.02. The minimum absolute atomic E-state index is 0.0230. The molecule has 0 radical (unpaired) electrons. The minimum atomic E-state index is -4.53. The largest absolute Gasteiger partial charge is 0.416 e. The first kappa shape index (κ1) is 18.9. The summed E-state index contributed by atoms with van der Waals surface area (Å²) < 4.78 is 64.9. The van der Waals surface area contributed by atoms with Gasteiger partial charge in [-0.15, -0.1) is 11.3 Å². The monoisotopic (exact) mass is 404 g/mol. The second-order valence-electron chi connectivity index (χ2n) is 5.77. The number of amides is 1. The SMILES string of the molecule is O=C(Nc1cccc(C(F)(F)F)c1)C1CCCN1S(=O)(=O)c1cccs1. The molecular formula is C16H15F3N2O3S2. The van der Waals surface area contributed by atoms with Crippen molar-refractivity contribution < 1.29 is 26.4 Å². The van der Waals surface area contributed by atoms with Crippen molar-refractivity contribution in [2.45, 2.75) is 29.3 Å². The molecule has 1 saturated heterocycles. The number of thiophene rings is 1. The van der Waals surface area contributed by atoms with Crippen LogP contribution in [0.15, 0.2) is 46.0 Å². The molecular weight excluding hydrogens is 389 g/mol. The van der Waals surface area contributed by atoms with E-state index in [0.717, 1.165) is 27.8 Å². The van der Waals surface area contributed by atoms with Crippen molar-refractivity contribution >= 4 is 33.0 Å². The van der Waals surface area contributed by atoms with Gasteiger partial charge >= 0.3 is 6.18 Å². The van der Waals surface area contributed by atoms with Gasteiger partial charge in [-0.2, -0.15) is 17.5 Å². The summed E-state index contributed by atoms with van der Waals surface area (Å²) in [6, 6.07) is 6.36. The fourth-order valence-corrected chi connectivity index (χ4v) is 5.59. The highest BCUT2D eigenvalue weighted by molar-refractivity contribution is 7.91. The van der Waals surface area contributed by atoms with Crippen LogP contribution in [0.5, 0.6) is 0 Å². The predicted octanol–water partition coefficient (Wildman–Crippen LogP) is 3.56. The molecule has 1 unspecified atom stereocenters. The molecule has 1 atom stereocenters. The van der Waals surface area contributed by atoms with Gasteiger partial charge in [-0.25, -0.2) is 8.42 Å². The molecule has 0 saturated carbocycles. The number of benzene rings is 1. The van der Waals surface area contributed by atoms with Crippen LogP contribution in [0.4, 0.5) is 18.9 Å². The van der Waals surface area contributed by atoms with Crippen molar-refractivity contribution in [3.63, 3.8) is 0 Å². The van der Waals surface area contributed by atoms with E-state index in [9.17, 15) is 26.4 Å². The quantitative estimate of drug-likeness (QED) is 0.847. The van der Waals surface area contributed by atoms with Crippen molar-refractivity contribution in [1.82, 2.24) is 4.31 Å². The van der Waals surface area contributed by atoms with E-state index in [4.69, 9.17) is 0 Å². The average Bonchev–Trinajstić information content (AvgIpc) is 3.26. The Hall–Kier alpha value is -1.91. The maximum absolute atomic E-state index is 12.8. The van der Waals surface area contributed by atoms with E-state index in [1.54, 1.807) is 11.4 Å². The number of carbonyl (C=O) groups is 1. The van der Waals surface area contributed by atoms with Gasteiger partial charge in [0.05, 0.1) is 5.56 Å². The van der Waals surface area contributed by atoms with Crippen LogP contribution in [0, 0.1) is 0 Å². The van der Waals surface area contributed by atoms with Gasteiger partial charge in [-0.05, 0) is 42.5 Å². The molecule has 0 aliphatic carbocycles. The van der Waals surface area contributed by atoms with E-state index in [1.165, 1.54) is 18.2 Å². The second kappa shape index (κ2) is 7.01. The summed E-state index contributed by atoms with van der Waals surface area (Å²) in [4.78, 5) is 12.5. The van der Waals surface area contributed by atoms with Gasteiger partial charge in [-0.3, -0.25) is 4.79 Å². The van der Waals surface area contributed by atoms with Crippen molar-refractivity contribution in [1.29, 1.82) is 0 Å². The molecule has 1 amide bonds. The van der Waals surface area contributed by atoms with Gasteiger partial charge < -0.3 is 5.32 Å². The molecule has 1 aromatic carbocycles. The smallest absolute Gasteiger partial charge is 0.325 e. The molecule has 1 aliphatic heterocycles. The molecule has 3 rings (SSSR count). The number of nitrogens with one attached hydrogen (secondary N) is 1. The highest BCUT2D eigenvalue weighted by Crippen LogP contribution is 2.32. The normalized spacial score (nSPS) is 18.8. The first-order chi connectivity index (χ1) is 12.2. The van der Waals surface area contributed by atoms with Crippen molar-refractivity contribution in [3.05, 3.63) is 47.3 Å². The highest BCUT2D eigenvalue weighted by Gasteiger charge is 2.40. The number of hydrogen-bond acceptors (Lipinski definition) is 4. The maximum atomic E-state index is 12.8. The zero-order valence-corrected chi connectivity index (χ0v) is 15.0. The first-order valence-electron chi connectivity index (χ1n) is 7.73. The van der Waals surface area contributed by atoms with E-state index in [2.05, 4.69) is 5.32 Å². The van der Waals surface area contributed by atoms with Crippen LogP contribution >= 0.6 is 11.3 Å². The Labute approximate surface area is 152 Å². The van der Waals surface area contributed by atoms with Gasteiger partial charge in [0.2, 0.25) is 5.91 Å². The minimum Gasteiger partial charge on any atom is -0.325 e. The van der Waals surface area contributed by atoms with E-state index in [1.807, 2.05) is 0 Å². The molecule has 1 aromatic heterocycles. The summed E-state index contributed by atoms with van der Waals surface area (Å²) in [6.07, 6.45) is -3.71. The standard InChI is InChI=1S/C16H15F3N2O3S2/c17-16(18,19)11-4-1-5-12(10-11)20-15(22)13-6-2-8-21(13)26(23,24)14-7-3-9-25-14/h1,3-5,7,9-10,13H,2,6,8H2,(H,20,22). The lowest BCUT2D eigenvalue weighted by molar-refractivity contribution is -0.137. The molecule has 2 aromatic rings. The van der Waals surface area contributed by atoms with Gasteiger partial charge in [0.15, 0.2) is 0 Å². The molecule has 26 heavy (non-hydrogen) atoms. The van der Waals surface area contributed by atoms with Crippen LogP contribution in [0.1, 0.15) is 18.4 Å². The molecule has 1 N–H and O–H groups in total. The van der Waals surface area contributed by atoms with E-state index >= 15 is 0 Å². The summed E-state index contributed by atoms with van der Waals surface area (Å²) in [5.74, 6) is -0.637. The van der Waals surface area contributed by atoms with Gasteiger partial charge in [0.25, 0.3) is 10.0 Å². The van der Waals surface area contributed by atoms with Gasteiger partial charge in [-0.1, -0.05) is 12.1 Å². The van der Waals surface area contributed by atoms with Gasteiger partial charge in [0, 0.05) is 12.2 Å². The first-order valence-corrected chi connectivity index (χ1v) is 10.0. The summed E-state index contributed by atoms with van der Waals surface area (Å²) in [6.45, 7) is 0.195. The number of anilines is 1. The number of nitrogens with zero attached hydrogens (tertiary/aromatic N) is 1. The third-order valence-corrected chi connectivity index (χ3v) is 7.30. The van der Waals surface area contributed by atoms with Gasteiger partial charge in [0.1, 0.15) is 10.3 Å². The molecule has 1 aliphatic rings. The number of sulfonamides is 1. The Bertz CT molecular complexity index is 896. The number of carbonyl (C=O) groups excluding carboxylic acids is 1. The van der Waals surface area contributed by atoms with Crippen LogP contribution < -0.4 is 5.32 Å². The summed E-state index contributed by atoms with van der Waals surface area (Å²) in [5.41, 5.74) is -0.907. The molecule has 0 bridgehead atoms. The molecule has 1 fully saturated rings. The van der Waals surface area contributed by atoms with Crippen molar-refractivity contribution in [2.24, 2.45) is 0 Å². The van der Waals surface area contributed by atoms with Crippen LogP contribution in [0.3, 0.4) is 0 Å². The molecule has 2 heterocycles. The highest BCUT2D eigenvalue weighted by atomic mass is 32.2. The Balaban J connectivity index is 1.80. The zero-order valence-electron chi connectivity index (χ0n) is 13.4. The molecule has 0 spiro atoms. The van der Waals surface area contributed by atoms with E-state index in [-0.39, 0.29) is 16.4 Å². The van der Waals surface area contributed by atoms with Crippen molar-refractivity contribution in [2.75, 3.05) is 11.9 Å². The lowest BCUT2D eigenvalue weighted by Gasteiger charge is -2.22. The summed E-state index contributed by atoms with van der Waals surface area (Å²) >= 11 is 1.05. The Morgan fingerprint density at radius 1 is 1.23 bits per heavy atom. The summed E-state index contributed by atoms with van der Waals surface area (Å²) in [7, 11) is -3.80. The Morgan fingerprint density at radius 3 is 2.65 bits per heavy atom. The van der Waals surface area contributed by atoms with Crippen molar-refractivity contribution in [3.8, 4) is 0 Å². The maximum Gasteiger partial charge on any atom is 0.416 e. The molecule has 140 valence electrons. The number of rotatable bonds is 4. The third kappa shape index (κ3) is 3.76. The van der Waals surface area contributed by atoms with Crippen LogP contribution in [-0.2, 0) is 21.0 Å². The Kier molecular flexibility index (Phi) is 5.09. The van der Waals surface area contributed by atoms with Crippen LogP contribution in [0.2, 0.25) is 0 Å². The lowest BCUT2D eigenvalue weighted by Crippen LogP contribution is -2.42. The number of halogens is 3. The number of hydrogen-bond donors (Lipinski definition) is 1.